The number of aryl methyl sites for hydroxylation is 3. The molecule has 0 saturated heterocycles. The molecule has 0 atom stereocenters. The van der Waals surface area contributed by atoms with Gasteiger partial charge in [0.25, 0.3) is 5.91 Å². The molecule has 5 nitrogen and oxygen atoms in total. The highest BCUT2D eigenvalue weighted by Gasteiger charge is 2.16. The lowest BCUT2D eigenvalue weighted by Crippen LogP contribution is -2.16. The largest absolute Gasteiger partial charge is 0.494 e. The van der Waals surface area contributed by atoms with E-state index in [1.807, 2.05) is 44.3 Å². The molecule has 0 bridgehead atoms. The predicted octanol–water partition coefficient (Wildman–Crippen LogP) is 3.32. The van der Waals surface area contributed by atoms with E-state index in [2.05, 4.69) is 17.1 Å². The molecule has 25 heavy (non-hydrogen) atoms. The average Bonchev–Trinajstić information content (AvgIpc) is 2.93. The van der Waals surface area contributed by atoms with Crippen molar-refractivity contribution >= 4 is 11.6 Å². The fourth-order valence-corrected chi connectivity index (χ4v) is 3.05. The van der Waals surface area contributed by atoms with Gasteiger partial charge in [-0.2, -0.15) is 0 Å². The summed E-state index contributed by atoms with van der Waals surface area (Å²) in [5, 5.41) is 0. The summed E-state index contributed by atoms with van der Waals surface area (Å²) >= 11 is 0. The first kappa shape index (κ1) is 17.0. The molecule has 1 amide bonds. The van der Waals surface area contributed by atoms with Gasteiger partial charge >= 0.3 is 0 Å². The molecule has 3 rings (SSSR count). The minimum atomic E-state index is -0.440. The summed E-state index contributed by atoms with van der Waals surface area (Å²) in [4.78, 5) is 16.5. The molecule has 0 unspecified atom stereocenters. The lowest BCUT2D eigenvalue weighted by atomic mass is 10.1. The maximum absolute atomic E-state index is 11.9. The first-order valence-electron chi connectivity index (χ1n) is 8.57. The van der Waals surface area contributed by atoms with Crippen molar-refractivity contribution in [2.75, 3.05) is 6.61 Å². The van der Waals surface area contributed by atoms with Crippen LogP contribution in [0.2, 0.25) is 0 Å². The highest BCUT2D eigenvalue weighted by atomic mass is 16.5. The van der Waals surface area contributed by atoms with E-state index in [0.717, 1.165) is 35.5 Å². The fraction of sp³-hybridized carbons (Fsp3) is 0.300. The zero-order valence-electron chi connectivity index (χ0n) is 14.7. The second kappa shape index (κ2) is 7.38. The Kier molecular flexibility index (Phi) is 5.03. The van der Waals surface area contributed by atoms with Crippen LogP contribution in [0.15, 0.2) is 42.6 Å². The van der Waals surface area contributed by atoms with Gasteiger partial charge < -0.3 is 10.5 Å². The molecule has 0 aliphatic carbocycles. The first-order chi connectivity index (χ1) is 12.1. The van der Waals surface area contributed by atoms with Gasteiger partial charge in [-0.3, -0.25) is 9.20 Å². The van der Waals surface area contributed by atoms with Crippen LogP contribution in [0.5, 0.6) is 5.75 Å². The zero-order valence-corrected chi connectivity index (χ0v) is 14.7. The highest BCUT2D eigenvalue weighted by molar-refractivity contribution is 5.93. The van der Waals surface area contributed by atoms with Gasteiger partial charge in [0, 0.05) is 6.20 Å². The van der Waals surface area contributed by atoms with E-state index in [0.29, 0.717) is 18.7 Å². The van der Waals surface area contributed by atoms with E-state index in [-0.39, 0.29) is 0 Å². The molecule has 2 N–H and O–H groups in total. The van der Waals surface area contributed by atoms with E-state index in [4.69, 9.17) is 10.5 Å². The number of rotatable bonds is 7. The maximum Gasteiger partial charge on any atom is 0.267 e. The second-order valence-corrected chi connectivity index (χ2v) is 6.14. The van der Waals surface area contributed by atoms with Crippen molar-refractivity contribution in [1.29, 1.82) is 0 Å². The summed E-state index contributed by atoms with van der Waals surface area (Å²) < 4.78 is 7.31. The lowest BCUT2D eigenvalue weighted by molar-refractivity contribution is 0.0993. The minimum Gasteiger partial charge on any atom is -0.494 e. The zero-order chi connectivity index (χ0) is 17.8. The molecule has 0 aliphatic heterocycles. The van der Waals surface area contributed by atoms with Gasteiger partial charge in [0.15, 0.2) is 0 Å². The number of hydrogen-bond acceptors (Lipinski definition) is 3. The molecule has 0 saturated carbocycles. The maximum atomic E-state index is 11.9. The van der Waals surface area contributed by atoms with Crippen LogP contribution in [0.4, 0.5) is 0 Å². The molecule has 0 aliphatic rings. The number of nitrogens with zero attached hydrogens (tertiary/aromatic N) is 2. The molecule has 5 heteroatoms. The number of amides is 1. The van der Waals surface area contributed by atoms with Crippen molar-refractivity contribution in [3.8, 4) is 5.75 Å². The summed E-state index contributed by atoms with van der Waals surface area (Å²) in [5.74, 6) is 0.450. The normalized spacial score (nSPS) is 11.0. The van der Waals surface area contributed by atoms with Crippen LogP contribution < -0.4 is 10.5 Å². The van der Waals surface area contributed by atoms with Crippen LogP contribution >= 0.6 is 0 Å². The van der Waals surface area contributed by atoms with Crippen molar-refractivity contribution in [2.45, 2.75) is 33.1 Å². The Morgan fingerprint density at radius 2 is 2.08 bits per heavy atom. The van der Waals surface area contributed by atoms with Gasteiger partial charge in [-0.1, -0.05) is 12.1 Å². The number of pyridine rings is 1. The molecule has 130 valence electrons. The van der Waals surface area contributed by atoms with Crippen molar-refractivity contribution in [2.24, 2.45) is 5.73 Å². The van der Waals surface area contributed by atoms with Gasteiger partial charge in [-0.25, -0.2) is 4.98 Å². The molecular formula is C20H23N3O2. The number of primary amides is 1. The third-order valence-electron chi connectivity index (χ3n) is 4.18. The van der Waals surface area contributed by atoms with Crippen LogP contribution in [0, 0.1) is 6.92 Å². The SMILES string of the molecule is CCOc1cccc(CCCc2nc3cc(C)ccn3c2C(N)=O)c1. The predicted molar refractivity (Wildman–Crippen MR) is 98.1 cm³/mol. The Bertz CT molecular complexity index is 899. The van der Waals surface area contributed by atoms with Gasteiger partial charge in [0.1, 0.15) is 17.1 Å². The molecule has 1 aromatic carbocycles. The van der Waals surface area contributed by atoms with Crippen molar-refractivity contribution in [3.05, 3.63) is 65.1 Å². The van der Waals surface area contributed by atoms with E-state index in [1.165, 1.54) is 5.56 Å². The second-order valence-electron chi connectivity index (χ2n) is 6.14. The van der Waals surface area contributed by atoms with E-state index >= 15 is 0 Å². The Morgan fingerprint density at radius 3 is 2.84 bits per heavy atom. The summed E-state index contributed by atoms with van der Waals surface area (Å²) in [6.45, 7) is 4.64. The molecule has 0 fully saturated rings. The van der Waals surface area contributed by atoms with E-state index in [1.54, 1.807) is 4.40 Å². The lowest BCUT2D eigenvalue weighted by Gasteiger charge is -2.06. The number of carbonyl (C=O) groups excluding carboxylic acids is 1. The Hall–Kier alpha value is -2.82. The van der Waals surface area contributed by atoms with Gasteiger partial charge in [-0.05, 0) is 68.5 Å². The minimum absolute atomic E-state index is 0.440. The van der Waals surface area contributed by atoms with Crippen LogP contribution in [0.25, 0.3) is 5.65 Å². The molecule has 2 heterocycles. The van der Waals surface area contributed by atoms with Gasteiger partial charge in [0.05, 0.1) is 12.3 Å². The summed E-state index contributed by atoms with van der Waals surface area (Å²) in [6, 6.07) is 12.0. The standard InChI is InChI=1S/C20H23N3O2/c1-3-25-16-8-4-6-15(13-16)7-5-9-17-19(20(21)24)23-11-10-14(2)12-18(23)22-17/h4,6,8,10-13H,3,5,7,9H2,1-2H3,(H2,21,24). The molecule has 3 aromatic rings. The highest BCUT2D eigenvalue weighted by Crippen LogP contribution is 2.18. The summed E-state index contributed by atoms with van der Waals surface area (Å²) in [5.41, 5.74) is 9.91. The van der Waals surface area contributed by atoms with Gasteiger partial charge in [-0.15, -0.1) is 0 Å². The quantitative estimate of drug-likeness (QED) is 0.719. The van der Waals surface area contributed by atoms with Crippen LogP contribution in [-0.4, -0.2) is 21.9 Å². The van der Waals surface area contributed by atoms with Crippen molar-refractivity contribution < 1.29 is 9.53 Å². The van der Waals surface area contributed by atoms with Crippen molar-refractivity contribution in [3.63, 3.8) is 0 Å². The third kappa shape index (κ3) is 3.82. The monoisotopic (exact) mass is 337 g/mol. The average molecular weight is 337 g/mol. The summed E-state index contributed by atoms with van der Waals surface area (Å²) in [6.07, 6.45) is 4.34. The van der Waals surface area contributed by atoms with Crippen LogP contribution in [0.1, 0.15) is 40.7 Å². The molecule has 0 spiro atoms. The van der Waals surface area contributed by atoms with E-state index in [9.17, 15) is 4.79 Å². The fourth-order valence-electron chi connectivity index (χ4n) is 3.05. The molecule has 0 radical (unpaired) electrons. The number of benzene rings is 1. The molecule has 2 aromatic heterocycles. The Balaban J connectivity index is 1.76. The number of aromatic nitrogens is 2. The number of carbonyl (C=O) groups is 1. The number of ether oxygens (including phenoxy) is 1. The third-order valence-corrected chi connectivity index (χ3v) is 4.18. The van der Waals surface area contributed by atoms with Gasteiger partial charge in [0.2, 0.25) is 0 Å². The van der Waals surface area contributed by atoms with Crippen LogP contribution in [0.3, 0.4) is 0 Å². The number of fused-ring (bicyclic) bond motifs is 1. The summed E-state index contributed by atoms with van der Waals surface area (Å²) in [7, 11) is 0. The first-order valence-corrected chi connectivity index (χ1v) is 8.57. The Morgan fingerprint density at radius 1 is 1.24 bits per heavy atom. The van der Waals surface area contributed by atoms with Crippen molar-refractivity contribution in [1.82, 2.24) is 9.38 Å². The van der Waals surface area contributed by atoms with Crippen LogP contribution in [-0.2, 0) is 12.8 Å². The molecular weight excluding hydrogens is 314 g/mol. The Labute approximate surface area is 147 Å². The number of imidazole rings is 1. The van der Waals surface area contributed by atoms with E-state index < -0.39 is 5.91 Å². The smallest absolute Gasteiger partial charge is 0.267 e. The number of hydrogen-bond donors (Lipinski definition) is 1. The number of nitrogens with two attached hydrogens (primary N) is 1. The topological polar surface area (TPSA) is 69.6 Å².